The molecule has 0 aliphatic carbocycles. The SMILES string of the molecule is CCCCCCCCCCCCCCCCCCCCCCCCCCCCCCCCCCCCCC(=O)N[C@@H](COP(=O)(O)OCCN)[C@H](O)CCCCCCCCCCCCC. The van der Waals surface area contributed by atoms with E-state index in [1.54, 1.807) is 0 Å². The summed E-state index contributed by atoms with van der Waals surface area (Å²) in [6, 6.07) is -0.768. The van der Waals surface area contributed by atoms with Crippen molar-refractivity contribution in [2.45, 2.75) is 334 Å². The Morgan fingerprint density at radius 1 is 0.446 bits per heavy atom. The first kappa shape index (κ1) is 64.5. The largest absolute Gasteiger partial charge is 0.472 e. The zero-order valence-electron chi connectivity index (χ0n) is 43.8. The summed E-state index contributed by atoms with van der Waals surface area (Å²) in [6.45, 7) is 4.25. The number of hydrogen-bond donors (Lipinski definition) is 4. The fourth-order valence-corrected chi connectivity index (χ4v) is 10.1. The molecule has 0 aliphatic rings. The molecule has 1 unspecified atom stereocenters. The average Bonchev–Trinajstić information content (AvgIpc) is 3.30. The summed E-state index contributed by atoms with van der Waals surface area (Å²) in [5.41, 5.74) is 5.40. The molecule has 8 nitrogen and oxygen atoms in total. The zero-order valence-corrected chi connectivity index (χ0v) is 44.7. The zero-order chi connectivity index (χ0) is 47.4. The maximum absolute atomic E-state index is 12.8. The van der Waals surface area contributed by atoms with Crippen LogP contribution in [0.2, 0.25) is 0 Å². The predicted molar refractivity (Wildman–Crippen MR) is 282 cm³/mol. The Morgan fingerprint density at radius 2 is 0.708 bits per heavy atom. The molecule has 0 radical (unpaired) electrons. The molecule has 0 aromatic heterocycles. The molecular weight excluding hydrogens is 828 g/mol. The Bertz CT molecular complexity index is 988. The van der Waals surface area contributed by atoms with Crippen LogP contribution in [0.5, 0.6) is 0 Å². The highest BCUT2D eigenvalue weighted by molar-refractivity contribution is 7.47. The molecule has 0 aromatic rings. The Hall–Kier alpha value is -0.500. The van der Waals surface area contributed by atoms with E-state index in [-0.39, 0.29) is 25.7 Å². The third kappa shape index (κ3) is 51.2. The van der Waals surface area contributed by atoms with Gasteiger partial charge < -0.3 is 21.1 Å². The van der Waals surface area contributed by atoms with Crippen molar-refractivity contribution in [2.24, 2.45) is 5.73 Å². The number of hydrogen-bond acceptors (Lipinski definition) is 6. The molecule has 9 heteroatoms. The summed E-state index contributed by atoms with van der Waals surface area (Å²) in [7, 11) is -4.31. The Labute approximate surface area is 405 Å². The van der Waals surface area contributed by atoms with Gasteiger partial charge in [0, 0.05) is 13.0 Å². The van der Waals surface area contributed by atoms with Crippen molar-refractivity contribution in [3.63, 3.8) is 0 Å². The summed E-state index contributed by atoms with van der Waals surface area (Å²) in [4.78, 5) is 22.8. The monoisotopic (exact) mass is 943 g/mol. The van der Waals surface area contributed by atoms with E-state index < -0.39 is 20.0 Å². The molecule has 0 heterocycles. The van der Waals surface area contributed by atoms with E-state index in [1.807, 2.05) is 0 Å². The molecular formula is C56H115N2O6P. The van der Waals surface area contributed by atoms with Gasteiger partial charge in [-0.15, -0.1) is 0 Å². The van der Waals surface area contributed by atoms with Crippen molar-refractivity contribution >= 4 is 13.7 Å². The number of carbonyl (C=O) groups excluding carboxylic acids is 1. The highest BCUT2D eigenvalue weighted by atomic mass is 31.2. The number of aliphatic hydroxyl groups excluding tert-OH is 1. The van der Waals surface area contributed by atoms with Gasteiger partial charge in [0.05, 0.1) is 25.4 Å². The molecule has 390 valence electrons. The number of phosphoric ester groups is 1. The molecule has 0 fully saturated rings. The minimum Gasteiger partial charge on any atom is -0.391 e. The summed E-state index contributed by atoms with van der Waals surface area (Å²) < 4.78 is 22.2. The summed E-state index contributed by atoms with van der Waals surface area (Å²) in [5.74, 6) is -0.154. The standard InChI is InChI=1S/C56H115N2O6P/c1-3-5-7-9-11-13-15-16-17-18-19-20-21-22-23-24-25-26-27-28-29-30-31-32-33-34-35-36-37-38-40-42-44-46-48-50-56(60)58-54(53-64-65(61,62)63-52-51-57)55(59)49-47-45-43-41-39-14-12-10-8-6-4-2/h54-55,59H,3-53,57H2,1-2H3,(H,58,60)(H,61,62)/t54-,55+/m0/s1. The van der Waals surface area contributed by atoms with Gasteiger partial charge in [-0.05, 0) is 12.8 Å². The van der Waals surface area contributed by atoms with Crippen LogP contribution in [0, 0.1) is 0 Å². The fourth-order valence-electron chi connectivity index (χ4n) is 9.32. The van der Waals surface area contributed by atoms with Crippen LogP contribution in [0.1, 0.15) is 322 Å². The number of unbranched alkanes of at least 4 members (excludes halogenated alkanes) is 44. The van der Waals surface area contributed by atoms with Crippen LogP contribution >= 0.6 is 7.82 Å². The topological polar surface area (TPSA) is 131 Å². The van der Waals surface area contributed by atoms with Crippen molar-refractivity contribution in [3.8, 4) is 0 Å². The van der Waals surface area contributed by atoms with Crippen molar-refractivity contribution < 1.29 is 28.4 Å². The molecule has 0 saturated carbocycles. The minimum atomic E-state index is -4.31. The third-order valence-electron chi connectivity index (χ3n) is 13.7. The molecule has 0 saturated heterocycles. The van der Waals surface area contributed by atoms with Crippen molar-refractivity contribution in [1.29, 1.82) is 0 Å². The number of phosphoric acid groups is 1. The minimum absolute atomic E-state index is 0.0926. The Kier molecular flexibility index (Phi) is 52.5. The smallest absolute Gasteiger partial charge is 0.391 e. The number of aliphatic hydroxyl groups is 1. The van der Waals surface area contributed by atoms with E-state index in [4.69, 9.17) is 14.8 Å². The molecule has 0 spiro atoms. The van der Waals surface area contributed by atoms with E-state index in [0.717, 1.165) is 38.5 Å². The lowest BCUT2D eigenvalue weighted by molar-refractivity contribution is -0.123. The fraction of sp³-hybridized carbons (Fsp3) is 0.982. The summed E-state index contributed by atoms with van der Waals surface area (Å²) in [5, 5.41) is 13.8. The first-order chi connectivity index (χ1) is 31.9. The maximum atomic E-state index is 12.8. The maximum Gasteiger partial charge on any atom is 0.472 e. The number of carbonyl (C=O) groups is 1. The second-order valence-corrected chi connectivity index (χ2v) is 21.7. The Morgan fingerprint density at radius 3 is 0.985 bits per heavy atom. The van der Waals surface area contributed by atoms with Gasteiger partial charge in [-0.25, -0.2) is 4.57 Å². The van der Waals surface area contributed by atoms with Crippen LogP contribution in [0.4, 0.5) is 0 Å². The second kappa shape index (κ2) is 52.9. The van der Waals surface area contributed by atoms with Gasteiger partial charge in [-0.2, -0.15) is 0 Å². The second-order valence-electron chi connectivity index (χ2n) is 20.2. The first-order valence-corrected chi connectivity index (χ1v) is 30.6. The van der Waals surface area contributed by atoms with Gasteiger partial charge in [0.1, 0.15) is 0 Å². The molecule has 65 heavy (non-hydrogen) atoms. The van der Waals surface area contributed by atoms with Gasteiger partial charge in [0.2, 0.25) is 5.91 Å². The molecule has 1 amide bonds. The van der Waals surface area contributed by atoms with E-state index in [1.165, 1.54) is 257 Å². The van der Waals surface area contributed by atoms with Crippen LogP contribution < -0.4 is 11.1 Å². The van der Waals surface area contributed by atoms with Crippen LogP contribution in [0.3, 0.4) is 0 Å². The molecule has 0 bridgehead atoms. The van der Waals surface area contributed by atoms with E-state index in [9.17, 15) is 19.4 Å². The van der Waals surface area contributed by atoms with Gasteiger partial charge >= 0.3 is 7.82 Å². The first-order valence-electron chi connectivity index (χ1n) is 29.2. The molecule has 5 N–H and O–H groups in total. The van der Waals surface area contributed by atoms with E-state index in [0.29, 0.717) is 12.8 Å². The lowest BCUT2D eigenvalue weighted by Gasteiger charge is -2.25. The number of amides is 1. The molecule has 0 aromatic carbocycles. The number of nitrogens with one attached hydrogen (secondary N) is 1. The van der Waals surface area contributed by atoms with Gasteiger partial charge in [0.25, 0.3) is 0 Å². The molecule has 0 rings (SSSR count). The van der Waals surface area contributed by atoms with Crippen LogP contribution in [-0.4, -0.2) is 47.8 Å². The summed E-state index contributed by atoms with van der Waals surface area (Å²) in [6.07, 6.45) is 61.8. The molecule has 3 atom stereocenters. The van der Waals surface area contributed by atoms with Crippen LogP contribution in [-0.2, 0) is 18.4 Å². The quantitative estimate of drug-likeness (QED) is 0.0353. The van der Waals surface area contributed by atoms with E-state index >= 15 is 0 Å². The highest BCUT2D eigenvalue weighted by Crippen LogP contribution is 2.43. The normalized spacial score (nSPS) is 13.6. The van der Waals surface area contributed by atoms with Gasteiger partial charge in [0.15, 0.2) is 0 Å². The lowest BCUT2D eigenvalue weighted by atomic mass is 10.0. The van der Waals surface area contributed by atoms with Crippen molar-refractivity contribution in [3.05, 3.63) is 0 Å². The van der Waals surface area contributed by atoms with Crippen LogP contribution in [0.15, 0.2) is 0 Å². The Balaban J connectivity index is 3.70. The van der Waals surface area contributed by atoms with Crippen LogP contribution in [0.25, 0.3) is 0 Å². The molecule has 0 aliphatic heterocycles. The number of rotatable bonds is 56. The number of nitrogens with two attached hydrogens (primary N) is 1. The summed E-state index contributed by atoms with van der Waals surface area (Å²) >= 11 is 0. The average molecular weight is 944 g/mol. The lowest BCUT2D eigenvalue weighted by Crippen LogP contribution is -2.46. The van der Waals surface area contributed by atoms with E-state index in [2.05, 4.69) is 19.2 Å². The third-order valence-corrected chi connectivity index (χ3v) is 14.7. The predicted octanol–water partition coefficient (Wildman–Crippen LogP) is 17.7. The van der Waals surface area contributed by atoms with Gasteiger partial charge in [-0.3, -0.25) is 13.8 Å². The highest BCUT2D eigenvalue weighted by Gasteiger charge is 2.27. The van der Waals surface area contributed by atoms with Crippen molar-refractivity contribution in [2.75, 3.05) is 19.8 Å². The van der Waals surface area contributed by atoms with Crippen molar-refractivity contribution in [1.82, 2.24) is 5.32 Å². The van der Waals surface area contributed by atoms with Gasteiger partial charge in [-0.1, -0.05) is 303 Å².